The molecule has 2 rings (SSSR count). The number of hydrogen-bond donors (Lipinski definition) is 1. The van der Waals surface area contributed by atoms with Gasteiger partial charge in [-0.25, -0.2) is 0 Å². The van der Waals surface area contributed by atoms with Crippen LogP contribution in [0, 0.1) is 5.41 Å². The second kappa shape index (κ2) is 7.05. The van der Waals surface area contributed by atoms with E-state index in [1.807, 2.05) is 7.11 Å². The Bertz CT molecular complexity index is 253. The Hall–Kier alpha value is -0.120. The molecule has 1 heterocycles. The summed E-state index contributed by atoms with van der Waals surface area (Å²) in [6, 6.07) is 0.830. The third-order valence-electron chi connectivity index (χ3n) is 5.27. The number of likely N-dealkylation sites (tertiary alicyclic amines) is 1. The Kier molecular flexibility index (Phi) is 5.67. The Labute approximate surface area is 119 Å². The van der Waals surface area contributed by atoms with E-state index in [-0.39, 0.29) is 0 Å². The van der Waals surface area contributed by atoms with Gasteiger partial charge in [-0.15, -0.1) is 0 Å². The molecule has 0 radical (unpaired) electrons. The molecule has 0 amide bonds. The van der Waals surface area contributed by atoms with Crippen LogP contribution in [0.1, 0.15) is 52.4 Å². The molecule has 0 spiro atoms. The highest BCUT2D eigenvalue weighted by Gasteiger charge is 2.32. The lowest BCUT2D eigenvalue weighted by Crippen LogP contribution is -2.47. The first-order valence-electron chi connectivity index (χ1n) is 8.20. The van der Waals surface area contributed by atoms with E-state index in [0.29, 0.717) is 11.5 Å². The zero-order valence-corrected chi connectivity index (χ0v) is 13.1. The highest BCUT2D eigenvalue weighted by Crippen LogP contribution is 2.30. The van der Waals surface area contributed by atoms with E-state index >= 15 is 0 Å². The van der Waals surface area contributed by atoms with Crippen LogP contribution in [0.2, 0.25) is 0 Å². The minimum Gasteiger partial charge on any atom is -0.381 e. The van der Waals surface area contributed by atoms with Gasteiger partial charge in [0.05, 0.1) is 6.10 Å². The summed E-state index contributed by atoms with van der Waals surface area (Å²) in [7, 11) is 1.85. The van der Waals surface area contributed by atoms with Crippen LogP contribution in [0.25, 0.3) is 0 Å². The lowest BCUT2D eigenvalue weighted by molar-refractivity contribution is 0.0242. The van der Waals surface area contributed by atoms with Gasteiger partial charge in [-0.2, -0.15) is 0 Å². The van der Waals surface area contributed by atoms with E-state index in [4.69, 9.17) is 4.74 Å². The Morgan fingerprint density at radius 1 is 1.11 bits per heavy atom. The van der Waals surface area contributed by atoms with Gasteiger partial charge in [0.2, 0.25) is 0 Å². The van der Waals surface area contributed by atoms with Crippen LogP contribution in [0.4, 0.5) is 0 Å². The van der Waals surface area contributed by atoms with E-state index in [2.05, 4.69) is 24.1 Å². The van der Waals surface area contributed by atoms with Crippen molar-refractivity contribution in [2.45, 2.75) is 64.5 Å². The molecule has 1 aliphatic heterocycles. The largest absolute Gasteiger partial charge is 0.381 e. The van der Waals surface area contributed by atoms with Crippen LogP contribution >= 0.6 is 0 Å². The fraction of sp³-hybridized carbons (Fsp3) is 1.00. The average molecular weight is 268 g/mol. The monoisotopic (exact) mass is 268 g/mol. The van der Waals surface area contributed by atoms with Crippen molar-refractivity contribution in [3.8, 4) is 0 Å². The smallest absolute Gasteiger partial charge is 0.0595 e. The maximum absolute atomic E-state index is 5.47. The standard InChI is InChI=1S/C16H32N2O/c1-4-16(5-2,12-17-14-6-7-14)13-18-10-8-15(19-3)9-11-18/h14-15,17H,4-13H2,1-3H3. The van der Waals surface area contributed by atoms with Crippen molar-refractivity contribution >= 4 is 0 Å². The van der Waals surface area contributed by atoms with E-state index < -0.39 is 0 Å². The zero-order chi connectivity index (χ0) is 13.7. The molecule has 3 nitrogen and oxygen atoms in total. The summed E-state index contributed by atoms with van der Waals surface area (Å²) < 4.78 is 5.47. The maximum Gasteiger partial charge on any atom is 0.0595 e. The van der Waals surface area contributed by atoms with Crippen LogP contribution in [0.3, 0.4) is 0 Å². The molecule has 3 heteroatoms. The third-order valence-corrected chi connectivity index (χ3v) is 5.27. The maximum atomic E-state index is 5.47. The van der Waals surface area contributed by atoms with Gasteiger partial charge in [0.15, 0.2) is 0 Å². The van der Waals surface area contributed by atoms with E-state index in [1.54, 1.807) is 0 Å². The first-order valence-corrected chi connectivity index (χ1v) is 8.20. The molecule has 1 N–H and O–H groups in total. The third kappa shape index (κ3) is 4.44. The fourth-order valence-corrected chi connectivity index (χ4v) is 3.21. The number of hydrogen-bond acceptors (Lipinski definition) is 3. The normalized spacial score (nSPS) is 22.9. The molecular formula is C16H32N2O. The summed E-state index contributed by atoms with van der Waals surface area (Å²) in [6.07, 6.45) is 8.26. The molecule has 19 heavy (non-hydrogen) atoms. The van der Waals surface area contributed by atoms with Gasteiger partial charge in [-0.3, -0.25) is 0 Å². The van der Waals surface area contributed by atoms with Gasteiger partial charge >= 0.3 is 0 Å². The highest BCUT2D eigenvalue weighted by molar-refractivity contribution is 4.89. The number of rotatable bonds is 8. The Balaban J connectivity index is 1.81. The summed E-state index contributed by atoms with van der Waals surface area (Å²) in [6.45, 7) is 9.61. The van der Waals surface area contributed by atoms with Crippen molar-refractivity contribution in [1.82, 2.24) is 10.2 Å². The second-order valence-corrected chi connectivity index (χ2v) is 6.57. The predicted molar refractivity (Wildman–Crippen MR) is 80.5 cm³/mol. The average Bonchev–Trinajstić information content (AvgIpc) is 3.28. The minimum absolute atomic E-state index is 0.475. The molecule has 2 aliphatic rings. The number of methoxy groups -OCH3 is 1. The van der Waals surface area contributed by atoms with E-state index in [9.17, 15) is 0 Å². The quantitative estimate of drug-likeness (QED) is 0.732. The molecule has 0 aromatic carbocycles. The molecule has 0 unspecified atom stereocenters. The zero-order valence-electron chi connectivity index (χ0n) is 13.1. The fourth-order valence-electron chi connectivity index (χ4n) is 3.21. The van der Waals surface area contributed by atoms with Gasteiger partial charge in [0, 0.05) is 39.3 Å². The van der Waals surface area contributed by atoms with Crippen LogP contribution in [0.15, 0.2) is 0 Å². The van der Waals surface area contributed by atoms with Crippen molar-refractivity contribution in [1.29, 1.82) is 0 Å². The van der Waals surface area contributed by atoms with Gasteiger partial charge in [0.25, 0.3) is 0 Å². The predicted octanol–water partition coefficient (Wildman–Crippen LogP) is 2.66. The summed E-state index contributed by atoms with van der Waals surface area (Å²) in [5.74, 6) is 0. The topological polar surface area (TPSA) is 24.5 Å². The van der Waals surface area contributed by atoms with Crippen molar-refractivity contribution in [2.75, 3.05) is 33.3 Å². The highest BCUT2D eigenvalue weighted by atomic mass is 16.5. The Morgan fingerprint density at radius 3 is 2.21 bits per heavy atom. The molecular weight excluding hydrogens is 236 g/mol. The summed E-state index contributed by atoms with van der Waals surface area (Å²) in [5, 5.41) is 3.76. The molecule has 1 saturated carbocycles. The van der Waals surface area contributed by atoms with Crippen molar-refractivity contribution in [3.63, 3.8) is 0 Å². The van der Waals surface area contributed by atoms with Crippen LogP contribution < -0.4 is 5.32 Å². The molecule has 0 aromatic rings. The lowest BCUT2D eigenvalue weighted by Gasteiger charge is -2.40. The molecule has 1 saturated heterocycles. The summed E-state index contributed by atoms with van der Waals surface area (Å²) in [5.41, 5.74) is 0.475. The number of nitrogens with one attached hydrogen (secondary N) is 1. The number of ether oxygens (including phenoxy) is 1. The van der Waals surface area contributed by atoms with Crippen molar-refractivity contribution in [3.05, 3.63) is 0 Å². The van der Waals surface area contributed by atoms with Gasteiger partial charge in [-0.1, -0.05) is 13.8 Å². The van der Waals surface area contributed by atoms with Crippen molar-refractivity contribution in [2.24, 2.45) is 5.41 Å². The van der Waals surface area contributed by atoms with Crippen LogP contribution in [-0.4, -0.2) is 50.3 Å². The van der Waals surface area contributed by atoms with Crippen molar-refractivity contribution < 1.29 is 4.74 Å². The molecule has 0 atom stereocenters. The number of nitrogens with zero attached hydrogens (tertiary/aromatic N) is 1. The van der Waals surface area contributed by atoms with Crippen LogP contribution in [-0.2, 0) is 4.74 Å². The minimum atomic E-state index is 0.475. The van der Waals surface area contributed by atoms with Gasteiger partial charge < -0.3 is 15.0 Å². The van der Waals surface area contributed by atoms with E-state index in [0.717, 1.165) is 6.04 Å². The first kappa shape index (κ1) is 15.3. The molecule has 112 valence electrons. The molecule has 0 aromatic heterocycles. The Morgan fingerprint density at radius 2 is 1.74 bits per heavy atom. The molecule has 1 aliphatic carbocycles. The second-order valence-electron chi connectivity index (χ2n) is 6.57. The molecule has 2 fully saturated rings. The first-order chi connectivity index (χ1) is 9.21. The lowest BCUT2D eigenvalue weighted by atomic mass is 9.81. The van der Waals surface area contributed by atoms with Crippen LogP contribution in [0.5, 0.6) is 0 Å². The van der Waals surface area contributed by atoms with Gasteiger partial charge in [0.1, 0.15) is 0 Å². The molecule has 0 bridgehead atoms. The van der Waals surface area contributed by atoms with E-state index in [1.165, 1.54) is 64.7 Å². The SMILES string of the molecule is CCC(CC)(CNC1CC1)CN1CCC(OC)CC1. The number of piperidine rings is 1. The summed E-state index contributed by atoms with van der Waals surface area (Å²) in [4.78, 5) is 2.66. The summed E-state index contributed by atoms with van der Waals surface area (Å²) >= 11 is 0. The van der Waals surface area contributed by atoms with Gasteiger partial charge in [-0.05, 0) is 43.9 Å².